The summed E-state index contributed by atoms with van der Waals surface area (Å²) in [4.78, 5) is 28.2. The lowest BCUT2D eigenvalue weighted by Crippen LogP contribution is -2.27. The molecule has 0 saturated carbocycles. The molecule has 0 spiro atoms. The van der Waals surface area contributed by atoms with E-state index in [0.29, 0.717) is 15.0 Å². The van der Waals surface area contributed by atoms with Crippen LogP contribution < -0.4 is 14.5 Å². The number of aliphatic carboxylic acids is 1. The number of carboxylic acids is 1. The van der Waals surface area contributed by atoms with E-state index >= 15 is 0 Å². The van der Waals surface area contributed by atoms with Gasteiger partial charge in [0.15, 0.2) is 10.4 Å². The van der Waals surface area contributed by atoms with E-state index in [2.05, 4.69) is 18.7 Å². The zero-order valence-corrected chi connectivity index (χ0v) is 19.2. The summed E-state index contributed by atoms with van der Waals surface area (Å²) in [6.07, 6.45) is 0.837. The second kappa shape index (κ2) is 9.98. The van der Waals surface area contributed by atoms with E-state index in [-0.39, 0.29) is 5.91 Å². The predicted molar refractivity (Wildman–Crippen MR) is 130 cm³/mol. The van der Waals surface area contributed by atoms with E-state index in [9.17, 15) is 9.59 Å². The number of thiocarbonyl (C=S) groups is 1. The number of nitrogens with zero attached hydrogens (tertiary/aromatic N) is 2. The topological polar surface area (TPSA) is 70.1 Å². The molecule has 1 heterocycles. The van der Waals surface area contributed by atoms with Crippen molar-refractivity contribution in [1.29, 1.82) is 0 Å². The van der Waals surface area contributed by atoms with Gasteiger partial charge in [0.1, 0.15) is 5.75 Å². The molecule has 1 N–H and O–H groups in total. The first-order valence-electron chi connectivity index (χ1n) is 9.96. The number of carboxylic acid groups (broad SMARTS) is 1. The molecular formula is C23H24N2O4S2. The largest absolute Gasteiger partial charge is 0.479 e. The van der Waals surface area contributed by atoms with E-state index in [0.717, 1.165) is 30.0 Å². The first-order valence-corrected chi connectivity index (χ1v) is 11.2. The van der Waals surface area contributed by atoms with Crippen LogP contribution in [0.2, 0.25) is 0 Å². The van der Waals surface area contributed by atoms with Crippen molar-refractivity contribution in [2.24, 2.45) is 0 Å². The number of carbonyl (C=O) groups is 2. The molecule has 0 aliphatic carbocycles. The van der Waals surface area contributed by atoms with E-state index in [4.69, 9.17) is 22.1 Å². The van der Waals surface area contributed by atoms with Gasteiger partial charge in [-0.1, -0.05) is 36.1 Å². The number of ether oxygens (including phenoxy) is 1. The Morgan fingerprint density at radius 2 is 1.77 bits per heavy atom. The molecule has 1 aliphatic heterocycles. The zero-order valence-electron chi connectivity index (χ0n) is 17.6. The van der Waals surface area contributed by atoms with Crippen molar-refractivity contribution in [2.75, 3.05) is 22.9 Å². The molecule has 2 aromatic rings. The van der Waals surface area contributed by atoms with Gasteiger partial charge in [0.25, 0.3) is 5.91 Å². The number of amides is 1. The molecular weight excluding hydrogens is 432 g/mol. The van der Waals surface area contributed by atoms with Crippen LogP contribution in [0.3, 0.4) is 0 Å². The fourth-order valence-corrected chi connectivity index (χ4v) is 4.44. The Morgan fingerprint density at radius 1 is 1.16 bits per heavy atom. The third-order valence-electron chi connectivity index (χ3n) is 4.87. The Labute approximate surface area is 191 Å². The third-order valence-corrected chi connectivity index (χ3v) is 6.17. The van der Waals surface area contributed by atoms with Gasteiger partial charge in [-0.05, 0) is 68.8 Å². The maximum absolute atomic E-state index is 13.0. The highest BCUT2D eigenvalue weighted by molar-refractivity contribution is 8.27. The van der Waals surface area contributed by atoms with E-state index in [1.54, 1.807) is 35.2 Å². The van der Waals surface area contributed by atoms with Crippen LogP contribution in [-0.2, 0) is 9.59 Å². The summed E-state index contributed by atoms with van der Waals surface area (Å²) in [5.41, 5.74) is 2.65. The average molecular weight is 457 g/mol. The standard InChI is InChI=1S/C23H24N2O4S2/c1-4-24(5-2)17-8-10-18(11-9-17)25-21(26)20(31-23(25)30)14-16-6-12-19(13-7-16)29-15(3)22(27)28/h6-15H,4-5H2,1-3H3,(H,27,28)/b20-14+. The first-order chi connectivity index (χ1) is 14.8. The van der Waals surface area contributed by atoms with Gasteiger partial charge in [-0.25, -0.2) is 4.79 Å². The molecule has 162 valence electrons. The Kier molecular flexibility index (Phi) is 7.35. The normalized spacial score (nSPS) is 16.0. The lowest BCUT2D eigenvalue weighted by molar-refractivity contribution is -0.144. The summed E-state index contributed by atoms with van der Waals surface area (Å²) in [7, 11) is 0. The summed E-state index contributed by atoms with van der Waals surface area (Å²) >= 11 is 6.72. The van der Waals surface area contributed by atoms with Crippen LogP contribution in [0.25, 0.3) is 6.08 Å². The van der Waals surface area contributed by atoms with E-state index < -0.39 is 12.1 Å². The number of rotatable bonds is 8. The van der Waals surface area contributed by atoms with Gasteiger partial charge in [-0.2, -0.15) is 0 Å². The molecule has 2 aromatic carbocycles. The Bertz CT molecular complexity index is 999. The van der Waals surface area contributed by atoms with Gasteiger partial charge < -0.3 is 14.7 Å². The van der Waals surface area contributed by atoms with Crippen LogP contribution in [0.1, 0.15) is 26.3 Å². The summed E-state index contributed by atoms with van der Waals surface area (Å²) in [5, 5.41) is 8.93. The van der Waals surface area contributed by atoms with Crippen molar-refractivity contribution in [3.05, 3.63) is 59.0 Å². The summed E-state index contributed by atoms with van der Waals surface area (Å²) in [5.74, 6) is -0.740. The first kappa shape index (κ1) is 22.8. The summed E-state index contributed by atoms with van der Waals surface area (Å²) < 4.78 is 5.82. The minimum atomic E-state index is -1.03. The minimum absolute atomic E-state index is 0.162. The second-order valence-electron chi connectivity index (χ2n) is 6.87. The van der Waals surface area contributed by atoms with E-state index in [1.807, 2.05) is 24.3 Å². The molecule has 1 aliphatic rings. The van der Waals surface area contributed by atoms with Crippen molar-refractivity contribution in [3.63, 3.8) is 0 Å². The third kappa shape index (κ3) is 5.26. The molecule has 1 amide bonds. The second-order valence-corrected chi connectivity index (χ2v) is 8.55. The van der Waals surface area contributed by atoms with Crippen LogP contribution in [0.5, 0.6) is 5.75 Å². The monoisotopic (exact) mass is 456 g/mol. The Balaban J connectivity index is 1.75. The lowest BCUT2D eigenvalue weighted by Gasteiger charge is -2.22. The number of hydrogen-bond acceptors (Lipinski definition) is 6. The number of thioether (sulfide) groups is 1. The summed E-state index contributed by atoms with van der Waals surface area (Å²) in [6.45, 7) is 7.51. The van der Waals surface area contributed by atoms with Crippen molar-refractivity contribution >= 4 is 57.6 Å². The van der Waals surface area contributed by atoms with Gasteiger partial charge in [0.2, 0.25) is 0 Å². The van der Waals surface area contributed by atoms with Gasteiger partial charge in [0, 0.05) is 18.8 Å². The van der Waals surface area contributed by atoms with Crippen LogP contribution >= 0.6 is 24.0 Å². The molecule has 6 nitrogen and oxygen atoms in total. The average Bonchev–Trinajstić information content (AvgIpc) is 3.03. The number of carbonyl (C=O) groups excluding carboxylic acids is 1. The molecule has 1 fully saturated rings. The number of benzene rings is 2. The quantitative estimate of drug-likeness (QED) is 0.452. The molecule has 0 bridgehead atoms. The van der Waals surface area contributed by atoms with Gasteiger partial charge in [0.05, 0.1) is 10.6 Å². The van der Waals surface area contributed by atoms with Gasteiger partial charge in [-0.3, -0.25) is 9.69 Å². The number of anilines is 2. The molecule has 1 saturated heterocycles. The van der Waals surface area contributed by atoms with Crippen molar-refractivity contribution in [2.45, 2.75) is 26.9 Å². The van der Waals surface area contributed by atoms with Gasteiger partial charge >= 0.3 is 5.97 Å². The summed E-state index contributed by atoms with van der Waals surface area (Å²) in [6, 6.07) is 14.7. The fraction of sp³-hybridized carbons (Fsp3) is 0.261. The highest BCUT2D eigenvalue weighted by atomic mass is 32.2. The molecule has 1 atom stereocenters. The maximum atomic E-state index is 13.0. The van der Waals surface area contributed by atoms with Crippen molar-refractivity contribution < 1.29 is 19.4 Å². The molecule has 0 aromatic heterocycles. The van der Waals surface area contributed by atoms with Crippen LogP contribution in [-0.4, -0.2) is 40.5 Å². The maximum Gasteiger partial charge on any atom is 0.344 e. The van der Waals surface area contributed by atoms with E-state index in [1.165, 1.54) is 18.7 Å². The Morgan fingerprint density at radius 3 is 2.32 bits per heavy atom. The van der Waals surface area contributed by atoms with Crippen molar-refractivity contribution in [3.8, 4) is 5.75 Å². The molecule has 1 unspecified atom stereocenters. The van der Waals surface area contributed by atoms with Crippen molar-refractivity contribution in [1.82, 2.24) is 0 Å². The molecule has 8 heteroatoms. The smallest absolute Gasteiger partial charge is 0.344 e. The SMILES string of the molecule is CCN(CC)c1ccc(N2C(=O)/C(=C\c3ccc(OC(C)C(=O)O)cc3)SC2=S)cc1. The molecule has 0 radical (unpaired) electrons. The number of hydrogen-bond donors (Lipinski definition) is 1. The predicted octanol–water partition coefficient (Wildman–Crippen LogP) is 4.79. The van der Waals surface area contributed by atoms with Crippen LogP contribution in [0, 0.1) is 0 Å². The minimum Gasteiger partial charge on any atom is -0.479 e. The van der Waals surface area contributed by atoms with Gasteiger partial charge in [-0.15, -0.1) is 0 Å². The Hall–Kier alpha value is -2.84. The molecule has 3 rings (SSSR count). The molecule has 31 heavy (non-hydrogen) atoms. The zero-order chi connectivity index (χ0) is 22.5. The highest BCUT2D eigenvalue weighted by Gasteiger charge is 2.33. The van der Waals surface area contributed by atoms with Crippen LogP contribution in [0.4, 0.5) is 11.4 Å². The fourth-order valence-electron chi connectivity index (χ4n) is 3.14. The lowest BCUT2D eigenvalue weighted by atomic mass is 10.2. The highest BCUT2D eigenvalue weighted by Crippen LogP contribution is 2.36. The van der Waals surface area contributed by atoms with Crippen LogP contribution in [0.15, 0.2) is 53.4 Å².